The van der Waals surface area contributed by atoms with Gasteiger partial charge < -0.3 is 15.2 Å². The van der Waals surface area contributed by atoms with Crippen molar-refractivity contribution in [2.75, 3.05) is 12.8 Å². The van der Waals surface area contributed by atoms with Crippen molar-refractivity contribution in [2.24, 2.45) is 0 Å². The van der Waals surface area contributed by atoms with E-state index in [1.807, 2.05) is 0 Å². The maximum Gasteiger partial charge on any atom is 0.223 e. The van der Waals surface area contributed by atoms with Gasteiger partial charge >= 0.3 is 0 Å². The van der Waals surface area contributed by atoms with E-state index in [1.54, 1.807) is 12.1 Å². The molecule has 0 amide bonds. The second-order valence-electron chi connectivity index (χ2n) is 3.31. The first-order valence-corrected chi connectivity index (χ1v) is 5.64. The smallest absolute Gasteiger partial charge is 0.223 e. The van der Waals surface area contributed by atoms with Crippen LogP contribution in [0.1, 0.15) is 0 Å². The van der Waals surface area contributed by atoms with Gasteiger partial charge in [0.15, 0.2) is 11.5 Å². The molecule has 0 aliphatic carbocycles. The highest BCUT2D eigenvalue weighted by atomic mass is 35.5. The molecule has 0 fully saturated rings. The van der Waals surface area contributed by atoms with E-state index in [2.05, 4.69) is 9.97 Å². The molecule has 0 atom stereocenters. The molecule has 7 heteroatoms. The Morgan fingerprint density at radius 2 is 1.89 bits per heavy atom. The second kappa shape index (κ2) is 5.29. The Balaban J connectivity index is 2.36. The van der Waals surface area contributed by atoms with E-state index < -0.39 is 0 Å². The molecular formula is C11H9Cl2N3O2. The summed E-state index contributed by atoms with van der Waals surface area (Å²) in [6.07, 6.45) is 1.29. The number of halogens is 2. The van der Waals surface area contributed by atoms with Gasteiger partial charge in [-0.2, -0.15) is 0 Å². The number of anilines is 1. The van der Waals surface area contributed by atoms with Crippen LogP contribution in [-0.4, -0.2) is 17.1 Å². The minimum Gasteiger partial charge on any atom is -0.493 e. The van der Waals surface area contributed by atoms with Crippen molar-refractivity contribution in [3.8, 4) is 17.4 Å². The molecule has 94 valence electrons. The number of ether oxygens (including phenoxy) is 2. The lowest BCUT2D eigenvalue weighted by atomic mass is 10.3. The molecule has 18 heavy (non-hydrogen) atoms. The molecule has 0 unspecified atom stereocenters. The SMILES string of the molecule is COc1cc(N)c(Cl)cc1Oc1cc(Cl)ncn1. The summed E-state index contributed by atoms with van der Waals surface area (Å²) in [5.74, 6) is 1.13. The first-order valence-electron chi connectivity index (χ1n) is 4.88. The highest BCUT2D eigenvalue weighted by Crippen LogP contribution is 2.37. The van der Waals surface area contributed by atoms with Crippen LogP contribution in [0.3, 0.4) is 0 Å². The Labute approximate surface area is 113 Å². The van der Waals surface area contributed by atoms with Crippen LogP contribution < -0.4 is 15.2 Å². The zero-order valence-corrected chi connectivity index (χ0v) is 10.9. The molecule has 0 saturated heterocycles. The van der Waals surface area contributed by atoms with Crippen LogP contribution in [0.4, 0.5) is 5.69 Å². The van der Waals surface area contributed by atoms with Gasteiger partial charge in [0.25, 0.3) is 0 Å². The fraction of sp³-hybridized carbons (Fsp3) is 0.0909. The number of nitrogens with zero attached hydrogens (tertiary/aromatic N) is 2. The van der Waals surface area contributed by atoms with Gasteiger partial charge in [0.2, 0.25) is 5.88 Å². The molecule has 0 saturated carbocycles. The number of nitrogens with two attached hydrogens (primary N) is 1. The molecule has 0 aliphatic rings. The molecule has 0 radical (unpaired) electrons. The van der Waals surface area contributed by atoms with Crippen LogP contribution in [0.15, 0.2) is 24.5 Å². The van der Waals surface area contributed by atoms with Crippen molar-refractivity contribution in [3.05, 3.63) is 34.7 Å². The molecule has 5 nitrogen and oxygen atoms in total. The fourth-order valence-electron chi connectivity index (χ4n) is 1.28. The maximum atomic E-state index is 5.92. The third-order valence-corrected chi connectivity index (χ3v) is 2.64. The summed E-state index contributed by atoms with van der Waals surface area (Å²) in [4.78, 5) is 7.67. The van der Waals surface area contributed by atoms with Crippen molar-refractivity contribution in [2.45, 2.75) is 0 Å². The van der Waals surface area contributed by atoms with E-state index in [1.165, 1.54) is 19.5 Å². The van der Waals surface area contributed by atoms with Crippen molar-refractivity contribution >= 4 is 28.9 Å². The number of hydrogen-bond donors (Lipinski definition) is 1. The van der Waals surface area contributed by atoms with Crippen molar-refractivity contribution in [3.63, 3.8) is 0 Å². The topological polar surface area (TPSA) is 70.3 Å². The van der Waals surface area contributed by atoms with Crippen molar-refractivity contribution in [1.29, 1.82) is 0 Å². The molecule has 1 heterocycles. The van der Waals surface area contributed by atoms with Gasteiger partial charge in [0.05, 0.1) is 17.8 Å². The zero-order chi connectivity index (χ0) is 13.1. The predicted molar refractivity (Wildman–Crippen MR) is 69.5 cm³/mol. The summed E-state index contributed by atoms with van der Waals surface area (Å²) in [5, 5.41) is 0.645. The number of methoxy groups -OCH3 is 1. The van der Waals surface area contributed by atoms with Crippen LogP contribution in [0.5, 0.6) is 17.4 Å². The summed E-state index contributed by atoms with van der Waals surface area (Å²) in [7, 11) is 1.50. The maximum absolute atomic E-state index is 5.92. The van der Waals surface area contributed by atoms with Gasteiger partial charge in [-0.25, -0.2) is 9.97 Å². The highest BCUT2D eigenvalue weighted by Gasteiger charge is 2.10. The standard InChI is InChI=1S/C11H9Cl2N3O2/c1-17-8-3-7(14)6(12)2-9(8)18-11-4-10(13)15-5-16-11/h2-5H,14H2,1H3. The van der Waals surface area contributed by atoms with Gasteiger partial charge in [-0.1, -0.05) is 23.2 Å². The van der Waals surface area contributed by atoms with Gasteiger partial charge in [-0.05, 0) is 0 Å². The normalized spacial score (nSPS) is 10.2. The molecule has 2 rings (SSSR count). The monoisotopic (exact) mass is 285 g/mol. The third kappa shape index (κ3) is 2.75. The molecule has 0 spiro atoms. The fourth-order valence-corrected chi connectivity index (χ4v) is 1.57. The zero-order valence-electron chi connectivity index (χ0n) is 9.35. The number of hydrogen-bond acceptors (Lipinski definition) is 5. The van der Waals surface area contributed by atoms with Crippen LogP contribution in [0, 0.1) is 0 Å². The van der Waals surface area contributed by atoms with Gasteiger partial charge in [0, 0.05) is 18.2 Å². The molecule has 2 N–H and O–H groups in total. The van der Waals surface area contributed by atoms with Crippen LogP contribution in [0.25, 0.3) is 0 Å². The minimum absolute atomic E-state index is 0.278. The average molecular weight is 286 g/mol. The van der Waals surface area contributed by atoms with Gasteiger partial charge in [0.1, 0.15) is 11.5 Å². The molecule has 0 aliphatic heterocycles. The Hall–Kier alpha value is -1.72. The van der Waals surface area contributed by atoms with Crippen molar-refractivity contribution in [1.82, 2.24) is 9.97 Å². The molecule has 0 bridgehead atoms. The van der Waals surface area contributed by atoms with Crippen molar-refractivity contribution < 1.29 is 9.47 Å². The van der Waals surface area contributed by atoms with Crippen LogP contribution in [0.2, 0.25) is 10.2 Å². The summed E-state index contributed by atoms with van der Waals surface area (Å²) in [6.45, 7) is 0. The third-order valence-electron chi connectivity index (χ3n) is 2.11. The van der Waals surface area contributed by atoms with E-state index in [9.17, 15) is 0 Å². The van der Waals surface area contributed by atoms with E-state index >= 15 is 0 Å². The van der Waals surface area contributed by atoms with E-state index in [0.717, 1.165) is 0 Å². The molecule has 1 aromatic carbocycles. The summed E-state index contributed by atoms with van der Waals surface area (Å²) in [6, 6.07) is 4.59. The Kier molecular flexibility index (Phi) is 3.74. The van der Waals surface area contributed by atoms with E-state index in [0.29, 0.717) is 22.2 Å². The number of aromatic nitrogens is 2. The lowest BCUT2D eigenvalue weighted by molar-refractivity contribution is 0.374. The largest absolute Gasteiger partial charge is 0.493 e. The summed E-state index contributed by atoms with van der Waals surface area (Å²) < 4.78 is 10.7. The molecule has 2 aromatic rings. The van der Waals surface area contributed by atoms with Gasteiger partial charge in [-0.15, -0.1) is 0 Å². The first kappa shape index (κ1) is 12.7. The van der Waals surface area contributed by atoms with Crippen LogP contribution in [-0.2, 0) is 0 Å². The van der Waals surface area contributed by atoms with Gasteiger partial charge in [-0.3, -0.25) is 0 Å². The number of rotatable bonds is 3. The highest BCUT2D eigenvalue weighted by molar-refractivity contribution is 6.33. The molecule has 1 aromatic heterocycles. The van der Waals surface area contributed by atoms with Crippen LogP contribution >= 0.6 is 23.2 Å². The Morgan fingerprint density at radius 3 is 2.56 bits per heavy atom. The van der Waals surface area contributed by atoms with E-state index in [-0.39, 0.29) is 11.0 Å². The van der Waals surface area contributed by atoms with E-state index in [4.69, 9.17) is 38.4 Å². The quantitative estimate of drug-likeness (QED) is 0.693. The predicted octanol–water partition coefficient (Wildman–Crippen LogP) is 3.17. The second-order valence-corrected chi connectivity index (χ2v) is 4.10. The lowest BCUT2D eigenvalue weighted by Gasteiger charge is -2.11. The first-order chi connectivity index (χ1) is 8.60. The average Bonchev–Trinajstić information content (AvgIpc) is 2.33. The lowest BCUT2D eigenvalue weighted by Crippen LogP contribution is -1.95. The Morgan fingerprint density at radius 1 is 1.11 bits per heavy atom. The Bertz CT molecular complexity index is 578. The minimum atomic E-state index is 0.278. The molecular weight excluding hydrogens is 277 g/mol. The summed E-state index contributed by atoms with van der Waals surface area (Å²) in [5.41, 5.74) is 6.07. The number of nitrogen functional groups attached to an aromatic ring is 1. The summed E-state index contributed by atoms with van der Waals surface area (Å²) >= 11 is 11.7. The number of benzene rings is 1.